The van der Waals surface area contributed by atoms with Gasteiger partial charge in [-0.25, -0.2) is 0 Å². The molecule has 110 valence electrons. The van der Waals surface area contributed by atoms with Gasteiger partial charge in [0.15, 0.2) is 0 Å². The molecule has 1 aliphatic rings. The maximum Gasteiger partial charge on any atom is 0.0963 e. The smallest absolute Gasteiger partial charge is 0.0963 e. The fourth-order valence-electron chi connectivity index (χ4n) is 2.78. The Labute approximate surface area is 122 Å². The molecule has 0 bridgehead atoms. The maximum atomic E-state index is 7.58. The Morgan fingerprint density at radius 1 is 1.25 bits per heavy atom. The summed E-state index contributed by atoms with van der Waals surface area (Å²) in [6, 6.07) is 8.78. The SMILES string of the molecule is CC(C)(CCCCN1CCc2ccccc2C1)C(=N)N. The first-order chi connectivity index (χ1) is 9.49. The van der Waals surface area contributed by atoms with Crippen LogP contribution in [0, 0.1) is 10.8 Å². The Kier molecular flexibility index (Phi) is 4.81. The normalized spacial score (nSPS) is 15.9. The van der Waals surface area contributed by atoms with Gasteiger partial charge < -0.3 is 5.73 Å². The Morgan fingerprint density at radius 3 is 2.65 bits per heavy atom. The molecule has 1 aliphatic heterocycles. The highest BCUT2D eigenvalue weighted by Crippen LogP contribution is 2.23. The summed E-state index contributed by atoms with van der Waals surface area (Å²) >= 11 is 0. The number of hydrogen-bond donors (Lipinski definition) is 2. The van der Waals surface area contributed by atoms with Crippen molar-refractivity contribution in [2.75, 3.05) is 13.1 Å². The molecule has 3 N–H and O–H groups in total. The summed E-state index contributed by atoms with van der Waals surface area (Å²) in [4.78, 5) is 2.54. The second kappa shape index (κ2) is 6.40. The van der Waals surface area contributed by atoms with E-state index in [2.05, 4.69) is 43.0 Å². The van der Waals surface area contributed by atoms with Crippen LogP contribution < -0.4 is 5.73 Å². The molecule has 20 heavy (non-hydrogen) atoms. The molecule has 0 aliphatic carbocycles. The summed E-state index contributed by atoms with van der Waals surface area (Å²) in [5.41, 5.74) is 8.48. The highest BCUT2D eigenvalue weighted by Gasteiger charge is 2.21. The molecule has 0 fully saturated rings. The Bertz CT molecular complexity index is 465. The summed E-state index contributed by atoms with van der Waals surface area (Å²) in [5, 5.41) is 7.58. The van der Waals surface area contributed by atoms with Crippen LogP contribution >= 0.6 is 0 Å². The lowest BCUT2D eigenvalue weighted by Crippen LogP contribution is -2.32. The zero-order valence-electron chi connectivity index (χ0n) is 12.8. The number of benzene rings is 1. The average Bonchev–Trinajstić information content (AvgIpc) is 2.43. The van der Waals surface area contributed by atoms with Gasteiger partial charge in [-0.05, 0) is 36.9 Å². The van der Waals surface area contributed by atoms with Crippen molar-refractivity contribution < 1.29 is 0 Å². The largest absolute Gasteiger partial charge is 0.387 e. The molecule has 0 spiro atoms. The number of rotatable bonds is 6. The first kappa shape index (κ1) is 15.0. The third-order valence-electron chi connectivity index (χ3n) is 4.46. The zero-order valence-corrected chi connectivity index (χ0v) is 12.8. The van der Waals surface area contributed by atoms with E-state index in [0.717, 1.165) is 25.9 Å². The second-order valence-electron chi connectivity index (χ2n) is 6.55. The van der Waals surface area contributed by atoms with E-state index in [9.17, 15) is 0 Å². The van der Waals surface area contributed by atoms with Crippen molar-refractivity contribution >= 4 is 5.84 Å². The number of nitrogens with zero attached hydrogens (tertiary/aromatic N) is 1. The van der Waals surface area contributed by atoms with Gasteiger partial charge in [-0.2, -0.15) is 0 Å². The summed E-state index contributed by atoms with van der Waals surface area (Å²) in [7, 11) is 0. The first-order valence-corrected chi connectivity index (χ1v) is 7.63. The van der Waals surface area contributed by atoms with E-state index in [4.69, 9.17) is 11.1 Å². The Morgan fingerprint density at radius 2 is 1.95 bits per heavy atom. The molecule has 2 rings (SSSR count). The number of hydrogen-bond acceptors (Lipinski definition) is 2. The van der Waals surface area contributed by atoms with Crippen LogP contribution in [0.25, 0.3) is 0 Å². The van der Waals surface area contributed by atoms with Crippen LogP contribution in [-0.2, 0) is 13.0 Å². The molecule has 0 unspecified atom stereocenters. The number of unbranched alkanes of at least 4 members (excludes halogenated alkanes) is 1. The van der Waals surface area contributed by atoms with E-state index in [1.54, 1.807) is 0 Å². The maximum absolute atomic E-state index is 7.58. The van der Waals surface area contributed by atoms with Crippen LogP contribution in [-0.4, -0.2) is 23.8 Å². The van der Waals surface area contributed by atoms with E-state index in [1.165, 1.54) is 30.5 Å². The standard InChI is InChI=1S/C17H27N3/c1-17(2,16(18)19)10-5-6-11-20-12-9-14-7-3-4-8-15(14)13-20/h3-4,7-8H,5-6,9-13H2,1-2H3,(H3,18,19). The van der Waals surface area contributed by atoms with E-state index in [-0.39, 0.29) is 5.41 Å². The van der Waals surface area contributed by atoms with Crippen LogP contribution in [0.5, 0.6) is 0 Å². The molecule has 3 heteroatoms. The third-order valence-corrected chi connectivity index (χ3v) is 4.46. The lowest BCUT2D eigenvalue weighted by molar-refractivity contribution is 0.245. The molecule has 0 saturated carbocycles. The van der Waals surface area contributed by atoms with Gasteiger partial charge in [0.25, 0.3) is 0 Å². The summed E-state index contributed by atoms with van der Waals surface area (Å²) < 4.78 is 0. The minimum Gasteiger partial charge on any atom is -0.387 e. The van der Waals surface area contributed by atoms with Crippen LogP contribution in [0.2, 0.25) is 0 Å². The van der Waals surface area contributed by atoms with Crippen molar-refractivity contribution in [1.82, 2.24) is 4.90 Å². The summed E-state index contributed by atoms with van der Waals surface area (Å²) in [6.07, 6.45) is 4.52. The lowest BCUT2D eigenvalue weighted by atomic mass is 9.86. The van der Waals surface area contributed by atoms with Crippen molar-refractivity contribution in [2.45, 2.75) is 46.1 Å². The van der Waals surface area contributed by atoms with Crippen LogP contribution in [0.15, 0.2) is 24.3 Å². The topological polar surface area (TPSA) is 53.1 Å². The third kappa shape index (κ3) is 3.83. The van der Waals surface area contributed by atoms with E-state index in [1.807, 2.05) is 0 Å². The number of nitrogens with one attached hydrogen (secondary N) is 1. The van der Waals surface area contributed by atoms with E-state index in [0.29, 0.717) is 5.84 Å². The van der Waals surface area contributed by atoms with Gasteiger partial charge in [0.2, 0.25) is 0 Å². The molecular weight excluding hydrogens is 246 g/mol. The Hall–Kier alpha value is -1.35. The van der Waals surface area contributed by atoms with Gasteiger partial charge in [0.05, 0.1) is 5.84 Å². The van der Waals surface area contributed by atoms with E-state index < -0.39 is 0 Å². The molecule has 0 atom stereocenters. The molecule has 0 radical (unpaired) electrons. The van der Waals surface area contributed by atoms with Crippen LogP contribution in [0.4, 0.5) is 0 Å². The highest BCUT2D eigenvalue weighted by atomic mass is 15.1. The molecule has 1 aromatic rings. The van der Waals surface area contributed by atoms with Crippen molar-refractivity contribution in [3.05, 3.63) is 35.4 Å². The van der Waals surface area contributed by atoms with Crippen LogP contribution in [0.1, 0.15) is 44.2 Å². The van der Waals surface area contributed by atoms with Crippen molar-refractivity contribution in [3.8, 4) is 0 Å². The molecule has 0 saturated heterocycles. The van der Waals surface area contributed by atoms with Gasteiger partial charge in [-0.15, -0.1) is 0 Å². The van der Waals surface area contributed by atoms with Gasteiger partial charge >= 0.3 is 0 Å². The van der Waals surface area contributed by atoms with Crippen molar-refractivity contribution in [2.24, 2.45) is 11.1 Å². The number of fused-ring (bicyclic) bond motifs is 1. The molecule has 1 heterocycles. The van der Waals surface area contributed by atoms with Gasteiger partial charge in [-0.3, -0.25) is 10.3 Å². The van der Waals surface area contributed by atoms with Crippen LogP contribution in [0.3, 0.4) is 0 Å². The fraction of sp³-hybridized carbons (Fsp3) is 0.588. The van der Waals surface area contributed by atoms with E-state index >= 15 is 0 Å². The Balaban J connectivity index is 1.73. The first-order valence-electron chi connectivity index (χ1n) is 7.63. The molecule has 0 aromatic heterocycles. The summed E-state index contributed by atoms with van der Waals surface area (Å²) in [5.74, 6) is 0.310. The quantitative estimate of drug-likeness (QED) is 0.475. The zero-order chi connectivity index (χ0) is 14.6. The van der Waals surface area contributed by atoms with Crippen molar-refractivity contribution in [1.29, 1.82) is 5.41 Å². The van der Waals surface area contributed by atoms with Gasteiger partial charge in [-0.1, -0.05) is 44.5 Å². The molecular formula is C17H27N3. The molecule has 3 nitrogen and oxygen atoms in total. The minimum atomic E-state index is -0.144. The predicted octanol–water partition coefficient (Wildman–Crippen LogP) is 3.18. The number of nitrogens with two attached hydrogens (primary N) is 1. The van der Waals surface area contributed by atoms with Gasteiger partial charge in [0, 0.05) is 18.5 Å². The molecule has 1 aromatic carbocycles. The molecule has 0 amide bonds. The van der Waals surface area contributed by atoms with Gasteiger partial charge in [0.1, 0.15) is 0 Å². The fourth-order valence-corrected chi connectivity index (χ4v) is 2.78. The second-order valence-corrected chi connectivity index (χ2v) is 6.55. The van der Waals surface area contributed by atoms with Crippen molar-refractivity contribution in [3.63, 3.8) is 0 Å². The number of amidine groups is 1. The lowest BCUT2D eigenvalue weighted by Gasteiger charge is -2.29. The predicted molar refractivity (Wildman–Crippen MR) is 85.0 cm³/mol. The summed E-state index contributed by atoms with van der Waals surface area (Å²) in [6.45, 7) is 7.54. The monoisotopic (exact) mass is 273 g/mol. The highest BCUT2D eigenvalue weighted by molar-refractivity contribution is 5.82. The average molecular weight is 273 g/mol. The minimum absolute atomic E-state index is 0.144.